The van der Waals surface area contributed by atoms with Crippen molar-refractivity contribution in [1.29, 1.82) is 0 Å². The molecule has 27 heavy (non-hydrogen) atoms. The van der Waals surface area contributed by atoms with Crippen LogP contribution in [0.1, 0.15) is 37.9 Å². The first-order chi connectivity index (χ1) is 13.2. The number of benzene rings is 1. The summed E-state index contributed by atoms with van der Waals surface area (Å²) < 4.78 is 11.1. The highest BCUT2D eigenvalue weighted by molar-refractivity contribution is 6.31. The number of nitrogens with zero attached hydrogens (tertiary/aromatic N) is 1. The van der Waals surface area contributed by atoms with E-state index in [2.05, 4.69) is 15.6 Å². The maximum absolute atomic E-state index is 10.3. The predicted molar refractivity (Wildman–Crippen MR) is 109 cm³/mol. The summed E-state index contributed by atoms with van der Waals surface area (Å²) in [5.74, 6) is 1.32. The Kier molecular flexibility index (Phi) is 10.5. The van der Waals surface area contributed by atoms with E-state index in [4.69, 9.17) is 21.1 Å². The molecule has 0 amide bonds. The maximum atomic E-state index is 10.3. The molecular formula is C20H32ClN3O3. The van der Waals surface area contributed by atoms with Crippen LogP contribution in [0.2, 0.25) is 5.02 Å². The lowest BCUT2D eigenvalue weighted by atomic mass is 10.0. The van der Waals surface area contributed by atoms with Gasteiger partial charge in [-0.1, -0.05) is 29.8 Å². The molecule has 1 heterocycles. The highest BCUT2D eigenvalue weighted by atomic mass is 35.5. The second kappa shape index (κ2) is 12.9. The van der Waals surface area contributed by atoms with E-state index < -0.39 is 6.10 Å². The van der Waals surface area contributed by atoms with Crippen molar-refractivity contribution >= 4 is 17.6 Å². The van der Waals surface area contributed by atoms with Crippen LogP contribution >= 0.6 is 11.6 Å². The molecule has 0 aromatic heterocycles. The number of nitrogens with one attached hydrogen (secondary N) is 2. The van der Waals surface area contributed by atoms with Crippen molar-refractivity contribution in [2.75, 3.05) is 46.1 Å². The molecule has 0 bridgehead atoms. The van der Waals surface area contributed by atoms with E-state index in [9.17, 15) is 5.11 Å². The summed E-state index contributed by atoms with van der Waals surface area (Å²) in [5.41, 5.74) is 0.695. The van der Waals surface area contributed by atoms with Crippen LogP contribution in [0.25, 0.3) is 0 Å². The van der Waals surface area contributed by atoms with E-state index in [0.29, 0.717) is 22.5 Å². The van der Waals surface area contributed by atoms with Crippen LogP contribution in [0.15, 0.2) is 29.3 Å². The number of guanidine groups is 1. The molecule has 1 unspecified atom stereocenters. The van der Waals surface area contributed by atoms with Crippen LogP contribution in [-0.2, 0) is 9.47 Å². The van der Waals surface area contributed by atoms with Crippen molar-refractivity contribution in [3.8, 4) is 0 Å². The van der Waals surface area contributed by atoms with Crippen molar-refractivity contribution in [3.05, 3.63) is 34.9 Å². The molecule has 0 aliphatic carbocycles. The number of ether oxygens (including phenoxy) is 2. The monoisotopic (exact) mass is 397 g/mol. The van der Waals surface area contributed by atoms with Crippen molar-refractivity contribution in [2.45, 2.75) is 32.3 Å². The summed E-state index contributed by atoms with van der Waals surface area (Å²) in [4.78, 5) is 4.45. The molecule has 2 rings (SSSR count). The Morgan fingerprint density at radius 2 is 2.11 bits per heavy atom. The number of rotatable bonds is 10. The fourth-order valence-corrected chi connectivity index (χ4v) is 3.17. The van der Waals surface area contributed by atoms with E-state index in [1.807, 2.05) is 25.1 Å². The minimum atomic E-state index is -0.725. The highest BCUT2D eigenvalue weighted by Crippen LogP contribution is 2.22. The Labute approximate surface area is 167 Å². The van der Waals surface area contributed by atoms with Gasteiger partial charge in [-0.15, -0.1) is 0 Å². The van der Waals surface area contributed by atoms with Gasteiger partial charge in [0.05, 0.1) is 6.54 Å². The molecular weight excluding hydrogens is 366 g/mol. The minimum absolute atomic E-state index is 0.249. The Morgan fingerprint density at radius 1 is 1.33 bits per heavy atom. The number of hydrogen-bond acceptors (Lipinski definition) is 4. The molecule has 6 nitrogen and oxygen atoms in total. The highest BCUT2D eigenvalue weighted by Gasteiger charge is 2.13. The average Bonchev–Trinajstić information content (AvgIpc) is 2.69. The second-order valence-electron chi connectivity index (χ2n) is 6.67. The molecule has 1 aliphatic heterocycles. The summed E-state index contributed by atoms with van der Waals surface area (Å²) in [6, 6.07) is 7.29. The van der Waals surface area contributed by atoms with Gasteiger partial charge < -0.3 is 25.2 Å². The van der Waals surface area contributed by atoms with E-state index in [-0.39, 0.29) is 6.54 Å². The molecule has 1 aliphatic rings. The number of aliphatic imine (C=N–C) groups is 1. The normalized spacial score (nSPS) is 16.9. The van der Waals surface area contributed by atoms with E-state index >= 15 is 0 Å². The zero-order valence-electron chi connectivity index (χ0n) is 16.1. The number of hydrogen-bond donors (Lipinski definition) is 3. The molecule has 1 fully saturated rings. The summed E-state index contributed by atoms with van der Waals surface area (Å²) in [6.45, 7) is 7.05. The van der Waals surface area contributed by atoms with Crippen LogP contribution in [0.3, 0.4) is 0 Å². The van der Waals surface area contributed by atoms with Crippen LogP contribution in [0.5, 0.6) is 0 Å². The minimum Gasteiger partial charge on any atom is -0.386 e. The first kappa shape index (κ1) is 22.0. The Hall–Kier alpha value is -1.34. The lowest BCUT2D eigenvalue weighted by Crippen LogP contribution is -2.38. The van der Waals surface area contributed by atoms with Crippen LogP contribution in [0.4, 0.5) is 0 Å². The van der Waals surface area contributed by atoms with Crippen LogP contribution in [-0.4, -0.2) is 57.1 Å². The average molecular weight is 398 g/mol. The van der Waals surface area contributed by atoms with E-state index in [1.165, 1.54) is 0 Å². The zero-order valence-corrected chi connectivity index (χ0v) is 16.9. The molecule has 0 saturated carbocycles. The van der Waals surface area contributed by atoms with Crippen molar-refractivity contribution in [2.24, 2.45) is 10.9 Å². The van der Waals surface area contributed by atoms with Gasteiger partial charge in [0.25, 0.3) is 0 Å². The number of aliphatic hydroxyl groups excluding tert-OH is 1. The van der Waals surface area contributed by atoms with Gasteiger partial charge >= 0.3 is 0 Å². The van der Waals surface area contributed by atoms with Crippen molar-refractivity contribution in [3.63, 3.8) is 0 Å². The number of aliphatic hydroxyl groups is 1. The van der Waals surface area contributed by atoms with Gasteiger partial charge in [-0.05, 0) is 38.2 Å². The van der Waals surface area contributed by atoms with Gasteiger partial charge in [0, 0.05) is 50.1 Å². The van der Waals surface area contributed by atoms with Gasteiger partial charge in [-0.3, -0.25) is 4.99 Å². The van der Waals surface area contributed by atoms with Gasteiger partial charge in [0.1, 0.15) is 6.10 Å². The van der Waals surface area contributed by atoms with Gasteiger partial charge in [-0.25, -0.2) is 0 Å². The van der Waals surface area contributed by atoms with Gasteiger partial charge in [0.15, 0.2) is 5.96 Å². The smallest absolute Gasteiger partial charge is 0.191 e. The molecule has 1 aromatic rings. The Bertz CT molecular complexity index is 565. The molecule has 1 saturated heterocycles. The summed E-state index contributed by atoms with van der Waals surface area (Å²) in [5, 5.41) is 17.3. The molecule has 152 valence electrons. The lowest BCUT2D eigenvalue weighted by Gasteiger charge is -2.21. The third-order valence-electron chi connectivity index (χ3n) is 4.48. The third-order valence-corrected chi connectivity index (χ3v) is 4.83. The van der Waals surface area contributed by atoms with E-state index in [0.717, 1.165) is 58.8 Å². The fourth-order valence-electron chi connectivity index (χ4n) is 2.91. The van der Waals surface area contributed by atoms with Crippen molar-refractivity contribution < 1.29 is 14.6 Å². The van der Waals surface area contributed by atoms with Gasteiger partial charge in [0.2, 0.25) is 0 Å². The summed E-state index contributed by atoms with van der Waals surface area (Å²) >= 11 is 6.12. The molecule has 0 radical (unpaired) electrons. The lowest BCUT2D eigenvalue weighted by molar-refractivity contribution is 0.0203. The Morgan fingerprint density at radius 3 is 2.85 bits per heavy atom. The quantitative estimate of drug-likeness (QED) is 0.321. The Balaban J connectivity index is 1.66. The van der Waals surface area contributed by atoms with Gasteiger partial charge in [-0.2, -0.15) is 0 Å². The SMILES string of the molecule is CCNC(=NCC(O)c1ccccc1Cl)NCCCOCC1CCOCC1. The molecule has 7 heteroatoms. The first-order valence-corrected chi connectivity index (χ1v) is 10.2. The fraction of sp³-hybridized carbons (Fsp3) is 0.650. The standard InChI is InChI=1S/C20H32ClN3O3/c1-2-22-20(24-14-19(25)17-6-3-4-7-18(17)21)23-10-5-11-27-15-16-8-12-26-13-9-16/h3-4,6-7,16,19,25H,2,5,8-15H2,1H3,(H2,22,23,24). The molecule has 3 N–H and O–H groups in total. The largest absolute Gasteiger partial charge is 0.386 e. The first-order valence-electron chi connectivity index (χ1n) is 9.80. The zero-order chi connectivity index (χ0) is 19.3. The third kappa shape index (κ3) is 8.47. The topological polar surface area (TPSA) is 75.1 Å². The molecule has 1 aromatic carbocycles. The predicted octanol–water partition coefficient (Wildman–Crippen LogP) is 2.76. The second-order valence-corrected chi connectivity index (χ2v) is 7.08. The van der Waals surface area contributed by atoms with Crippen LogP contribution < -0.4 is 10.6 Å². The van der Waals surface area contributed by atoms with E-state index in [1.54, 1.807) is 6.07 Å². The summed E-state index contributed by atoms with van der Waals surface area (Å²) in [7, 11) is 0. The number of halogens is 1. The van der Waals surface area contributed by atoms with Crippen molar-refractivity contribution in [1.82, 2.24) is 10.6 Å². The molecule has 0 spiro atoms. The maximum Gasteiger partial charge on any atom is 0.191 e. The van der Waals surface area contributed by atoms with Crippen LogP contribution in [0, 0.1) is 5.92 Å². The molecule has 1 atom stereocenters. The summed E-state index contributed by atoms with van der Waals surface area (Å²) in [6.07, 6.45) is 2.38.